The smallest absolute Gasteiger partial charge is 0.243 e. The number of nitrogens with zero attached hydrogens (tertiary/aromatic N) is 2. The van der Waals surface area contributed by atoms with E-state index in [1.165, 1.54) is 0 Å². The summed E-state index contributed by atoms with van der Waals surface area (Å²) < 4.78 is 28.2. The van der Waals surface area contributed by atoms with Gasteiger partial charge in [0.25, 0.3) is 0 Å². The van der Waals surface area contributed by atoms with Crippen LogP contribution in [-0.4, -0.2) is 55.8 Å². The van der Waals surface area contributed by atoms with Crippen molar-refractivity contribution in [3.63, 3.8) is 0 Å². The number of hydrogen-bond acceptors (Lipinski definition) is 4. The van der Waals surface area contributed by atoms with Crippen LogP contribution < -0.4 is 5.73 Å². The molecule has 3 rings (SSSR count). The first-order chi connectivity index (χ1) is 12.6. The molecule has 2 heterocycles. The second-order valence-corrected chi connectivity index (χ2v) is 9.98. The SMILES string of the molecule is Cc1cc(C)c(C)c(S(=O)(=O)N2CCC(C(=O)N3CC[C@@H](N)C3)CC2)c1C. The molecule has 0 saturated carbocycles. The maximum absolute atomic E-state index is 13.3. The Kier molecular flexibility index (Phi) is 5.66. The number of benzene rings is 1. The summed E-state index contributed by atoms with van der Waals surface area (Å²) in [6, 6.07) is 2.11. The summed E-state index contributed by atoms with van der Waals surface area (Å²) in [7, 11) is -3.56. The van der Waals surface area contributed by atoms with Crippen LogP contribution in [0.4, 0.5) is 0 Å². The van der Waals surface area contributed by atoms with Gasteiger partial charge in [-0.05, 0) is 69.2 Å². The van der Waals surface area contributed by atoms with Gasteiger partial charge >= 0.3 is 0 Å². The zero-order valence-electron chi connectivity index (χ0n) is 16.8. The number of piperidine rings is 1. The predicted octanol–water partition coefficient (Wildman–Crippen LogP) is 1.88. The molecule has 2 aliphatic rings. The molecule has 1 atom stereocenters. The standard InChI is InChI=1S/C20H31N3O3S/c1-13-11-14(2)16(4)19(15(13)3)27(25,26)23-9-5-17(6-10-23)20(24)22-8-7-18(21)12-22/h11,17-18H,5-10,12,21H2,1-4H3/t18-/m1/s1. The second kappa shape index (κ2) is 7.53. The molecule has 1 aromatic carbocycles. The predicted molar refractivity (Wildman–Crippen MR) is 106 cm³/mol. The molecule has 2 aliphatic heterocycles. The summed E-state index contributed by atoms with van der Waals surface area (Å²) in [5.41, 5.74) is 9.54. The van der Waals surface area contributed by atoms with Crippen molar-refractivity contribution in [2.45, 2.75) is 57.9 Å². The molecular formula is C20H31N3O3S. The molecule has 0 aliphatic carbocycles. The van der Waals surface area contributed by atoms with Crippen molar-refractivity contribution in [1.82, 2.24) is 9.21 Å². The topological polar surface area (TPSA) is 83.7 Å². The fourth-order valence-corrected chi connectivity index (χ4v) is 6.33. The van der Waals surface area contributed by atoms with Crippen LogP contribution in [-0.2, 0) is 14.8 Å². The lowest BCUT2D eigenvalue weighted by atomic mass is 9.96. The lowest BCUT2D eigenvalue weighted by Crippen LogP contribution is -2.44. The van der Waals surface area contributed by atoms with Crippen molar-refractivity contribution in [1.29, 1.82) is 0 Å². The minimum absolute atomic E-state index is 0.0740. The van der Waals surface area contributed by atoms with Gasteiger partial charge in [0.05, 0.1) is 4.90 Å². The van der Waals surface area contributed by atoms with Gasteiger partial charge in [-0.3, -0.25) is 4.79 Å². The van der Waals surface area contributed by atoms with Crippen LogP contribution in [0.3, 0.4) is 0 Å². The molecule has 150 valence electrons. The minimum atomic E-state index is -3.56. The van der Waals surface area contributed by atoms with E-state index in [4.69, 9.17) is 5.73 Å². The lowest BCUT2D eigenvalue weighted by molar-refractivity contribution is -0.135. The molecule has 27 heavy (non-hydrogen) atoms. The normalized spacial score (nSPS) is 22.4. The van der Waals surface area contributed by atoms with Crippen LogP contribution in [0.15, 0.2) is 11.0 Å². The van der Waals surface area contributed by atoms with Crippen LogP contribution in [0.2, 0.25) is 0 Å². The highest BCUT2D eigenvalue weighted by atomic mass is 32.2. The van der Waals surface area contributed by atoms with E-state index in [9.17, 15) is 13.2 Å². The summed E-state index contributed by atoms with van der Waals surface area (Å²) in [6.07, 6.45) is 2.00. The van der Waals surface area contributed by atoms with Crippen LogP contribution in [0.5, 0.6) is 0 Å². The van der Waals surface area contributed by atoms with Gasteiger partial charge in [0, 0.05) is 38.1 Å². The summed E-state index contributed by atoms with van der Waals surface area (Å²) >= 11 is 0. The molecule has 1 amide bonds. The molecule has 2 N–H and O–H groups in total. The number of nitrogens with two attached hydrogens (primary N) is 1. The van der Waals surface area contributed by atoms with E-state index in [-0.39, 0.29) is 17.9 Å². The summed E-state index contributed by atoms with van der Waals surface area (Å²) in [4.78, 5) is 15.0. The zero-order chi connectivity index (χ0) is 19.9. The highest BCUT2D eigenvalue weighted by molar-refractivity contribution is 7.89. The van der Waals surface area contributed by atoms with Crippen LogP contribution in [0.1, 0.15) is 41.5 Å². The summed E-state index contributed by atoms with van der Waals surface area (Å²) in [6.45, 7) is 9.79. The molecule has 0 radical (unpaired) electrons. The number of sulfonamides is 1. The maximum Gasteiger partial charge on any atom is 0.243 e. The van der Waals surface area contributed by atoms with Crippen LogP contribution in [0.25, 0.3) is 0 Å². The van der Waals surface area contributed by atoms with E-state index in [1.807, 2.05) is 38.7 Å². The second-order valence-electron chi connectivity index (χ2n) is 8.10. The van der Waals surface area contributed by atoms with Crippen molar-refractivity contribution >= 4 is 15.9 Å². The molecule has 0 bridgehead atoms. The van der Waals surface area contributed by atoms with E-state index in [2.05, 4.69) is 0 Å². The van der Waals surface area contributed by atoms with Crippen molar-refractivity contribution in [3.8, 4) is 0 Å². The number of carbonyl (C=O) groups excluding carboxylic acids is 1. The first kappa shape index (κ1) is 20.3. The molecule has 0 aromatic heterocycles. The van der Waals surface area contributed by atoms with E-state index in [0.717, 1.165) is 35.2 Å². The molecule has 0 unspecified atom stereocenters. The maximum atomic E-state index is 13.3. The molecule has 6 nitrogen and oxygen atoms in total. The third-order valence-electron chi connectivity index (χ3n) is 6.23. The van der Waals surface area contributed by atoms with Crippen LogP contribution >= 0.6 is 0 Å². The van der Waals surface area contributed by atoms with Crippen molar-refractivity contribution in [3.05, 3.63) is 28.3 Å². The third kappa shape index (κ3) is 3.77. The van der Waals surface area contributed by atoms with Crippen molar-refractivity contribution in [2.75, 3.05) is 26.2 Å². The Morgan fingerprint density at radius 2 is 1.56 bits per heavy atom. The number of amides is 1. The first-order valence-corrected chi connectivity index (χ1v) is 11.2. The Balaban J connectivity index is 1.75. The minimum Gasteiger partial charge on any atom is -0.341 e. The van der Waals surface area contributed by atoms with Gasteiger partial charge in [0.2, 0.25) is 15.9 Å². The fraction of sp³-hybridized carbons (Fsp3) is 0.650. The van der Waals surface area contributed by atoms with Gasteiger partial charge < -0.3 is 10.6 Å². The van der Waals surface area contributed by atoms with E-state index in [0.29, 0.717) is 37.4 Å². The molecule has 7 heteroatoms. The monoisotopic (exact) mass is 393 g/mol. The fourth-order valence-electron chi connectivity index (χ4n) is 4.29. The van der Waals surface area contributed by atoms with Gasteiger partial charge in [-0.1, -0.05) is 6.07 Å². The molecule has 2 saturated heterocycles. The number of aryl methyl sites for hydroxylation is 2. The van der Waals surface area contributed by atoms with Gasteiger partial charge in [0.1, 0.15) is 0 Å². The van der Waals surface area contributed by atoms with Crippen molar-refractivity contribution in [2.24, 2.45) is 11.7 Å². The van der Waals surface area contributed by atoms with E-state index in [1.54, 1.807) is 4.31 Å². The Labute approximate surface area is 162 Å². The van der Waals surface area contributed by atoms with Crippen molar-refractivity contribution < 1.29 is 13.2 Å². The molecule has 0 spiro atoms. The van der Waals surface area contributed by atoms with Crippen LogP contribution in [0, 0.1) is 33.6 Å². The summed E-state index contributed by atoms with van der Waals surface area (Å²) in [5.74, 6) is 0.0435. The van der Waals surface area contributed by atoms with Gasteiger partial charge in [-0.25, -0.2) is 8.42 Å². The van der Waals surface area contributed by atoms with Gasteiger partial charge in [0.15, 0.2) is 0 Å². The Bertz CT molecular complexity index is 816. The Hall–Kier alpha value is -1.44. The number of carbonyl (C=O) groups is 1. The molecule has 2 fully saturated rings. The number of hydrogen-bond donors (Lipinski definition) is 1. The first-order valence-electron chi connectivity index (χ1n) is 9.75. The Morgan fingerprint density at radius 1 is 1.00 bits per heavy atom. The number of likely N-dealkylation sites (tertiary alicyclic amines) is 1. The quantitative estimate of drug-likeness (QED) is 0.850. The number of rotatable bonds is 3. The van der Waals surface area contributed by atoms with E-state index < -0.39 is 10.0 Å². The third-order valence-corrected chi connectivity index (χ3v) is 8.41. The highest BCUT2D eigenvalue weighted by Crippen LogP contribution is 2.31. The highest BCUT2D eigenvalue weighted by Gasteiger charge is 2.36. The molecular weight excluding hydrogens is 362 g/mol. The average molecular weight is 394 g/mol. The Morgan fingerprint density at radius 3 is 2.04 bits per heavy atom. The molecule has 1 aromatic rings. The van der Waals surface area contributed by atoms with E-state index >= 15 is 0 Å². The lowest BCUT2D eigenvalue weighted by Gasteiger charge is -2.33. The summed E-state index contributed by atoms with van der Waals surface area (Å²) in [5, 5.41) is 0. The average Bonchev–Trinajstić information content (AvgIpc) is 3.06. The van der Waals surface area contributed by atoms with Gasteiger partial charge in [-0.2, -0.15) is 4.31 Å². The zero-order valence-corrected chi connectivity index (χ0v) is 17.6. The van der Waals surface area contributed by atoms with Gasteiger partial charge in [-0.15, -0.1) is 0 Å². The largest absolute Gasteiger partial charge is 0.341 e.